The molecule has 1 aromatic heterocycles. The molecule has 0 aliphatic heterocycles. The molecule has 0 radical (unpaired) electrons. The van der Waals surface area contributed by atoms with Gasteiger partial charge in [-0.25, -0.2) is 0 Å². The summed E-state index contributed by atoms with van der Waals surface area (Å²) in [4.78, 5) is 9.27. The first-order valence-electron chi connectivity index (χ1n) is 2.61. The summed E-state index contributed by atoms with van der Waals surface area (Å²) in [7, 11) is 0. The zero-order valence-corrected chi connectivity index (χ0v) is 6.00. The molecule has 0 unspecified atom stereocenters. The van der Waals surface area contributed by atoms with Crippen LogP contribution in [0.3, 0.4) is 0 Å². The lowest BCUT2D eigenvalue weighted by Crippen LogP contribution is -1.96. The van der Waals surface area contributed by atoms with Crippen molar-refractivity contribution in [3.8, 4) is 5.88 Å². The van der Waals surface area contributed by atoms with E-state index in [0.717, 1.165) is 0 Å². The first-order valence-corrected chi connectivity index (χ1v) is 3.44. The standard InChI is InChI=1S/C5H6N2O2S/c1-2-3-8-9-5-4-10-7-6-5/h2,4H,1,3H2. The van der Waals surface area contributed by atoms with E-state index in [2.05, 4.69) is 25.9 Å². The third kappa shape index (κ3) is 2.12. The van der Waals surface area contributed by atoms with Crippen LogP contribution in [0.2, 0.25) is 0 Å². The van der Waals surface area contributed by atoms with E-state index < -0.39 is 0 Å². The van der Waals surface area contributed by atoms with Crippen molar-refractivity contribution in [3.05, 3.63) is 18.0 Å². The first kappa shape index (κ1) is 7.17. The second-order valence-electron chi connectivity index (χ2n) is 1.40. The lowest BCUT2D eigenvalue weighted by Gasteiger charge is -1.94. The van der Waals surface area contributed by atoms with Gasteiger partial charge in [-0.05, 0) is 11.5 Å². The van der Waals surface area contributed by atoms with Crippen LogP contribution in [0.25, 0.3) is 0 Å². The predicted molar refractivity (Wildman–Crippen MR) is 36.7 cm³/mol. The smallest absolute Gasteiger partial charge is 0.287 e. The van der Waals surface area contributed by atoms with Crippen LogP contribution >= 0.6 is 11.5 Å². The zero-order valence-electron chi connectivity index (χ0n) is 5.19. The highest BCUT2D eigenvalue weighted by Gasteiger charge is 1.94. The maximum Gasteiger partial charge on any atom is 0.287 e. The van der Waals surface area contributed by atoms with Crippen molar-refractivity contribution >= 4 is 11.5 Å². The van der Waals surface area contributed by atoms with Gasteiger partial charge in [0.2, 0.25) is 0 Å². The van der Waals surface area contributed by atoms with Crippen LogP contribution in [0, 0.1) is 0 Å². The number of hydrogen-bond acceptors (Lipinski definition) is 5. The zero-order chi connectivity index (χ0) is 7.23. The van der Waals surface area contributed by atoms with Gasteiger partial charge in [0.15, 0.2) is 0 Å². The molecule has 0 saturated carbocycles. The molecule has 54 valence electrons. The molecule has 10 heavy (non-hydrogen) atoms. The largest absolute Gasteiger partial charge is 0.314 e. The predicted octanol–water partition coefficient (Wildman–Crippen LogP) is 1.03. The fourth-order valence-corrected chi connectivity index (χ4v) is 0.686. The van der Waals surface area contributed by atoms with Gasteiger partial charge in [0, 0.05) is 0 Å². The molecule has 0 spiro atoms. The van der Waals surface area contributed by atoms with Crippen LogP contribution in [-0.2, 0) is 4.89 Å². The Hall–Kier alpha value is -0.940. The fraction of sp³-hybridized carbons (Fsp3) is 0.200. The van der Waals surface area contributed by atoms with E-state index in [1.54, 1.807) is 11.5 Å². The summed E-state index contributed by atoms with van der Waals surface area (Å²) >= 11 is 1.21. The lowest BCUT2D eigenvalue weighted by molar-refractivity contribution is -0.198. The van der Waals surface area contributed by atoms with Gasteiger partial charge >= 0.3 is 0 Å². The van der Waals surface area contributed by atoms with Crippen molar-refractivity contribution in [3.63, 3.8) is 0 Å². The van der Waals surface area contributed by atoms with E-state index in [0.29, 0.717) is 12.5 Å². The van der Waals surface area contributed by atoms with Crippen LogP contribution in [0.15, 0.2) is 18.0 Å². The average molecular weight is 158 g/mol. The van der Waals surface area contributed by atoms with Crippen LogP contribution in [0.5, 0.6) is 5.88 Å². The molecule has 0 aliphatic carbocycles. The Balaban J connectivity index is 2.21. The highest BCUT2D eigenvalue weighted by Crippen LogP contribution is 2.05. The molecule has 0 bridgehead atoms. The Bertz CT molecular complexity index is 188. The third-order valence-corrected chi connectivity index (χ3v) is 1.15. The molecular weight excluding hydrogens is 152 g/mol. The summed E-state index contributed by atoms with van der Waals surface area (Å²) < 4.78 is 3.56. The normalized spacial score (nSPS) is 9.20. The van der Waals surface area contributed by atoms with E-state index >= 15 is 0 Å². The van der Waals surface area contributed by atoms with E-state index in [1.165, 1.54) is 11.5 Å². The molecule has 4 nitrogen and oxygen atoms in total. The molecular formula is C5H6N2O2S. The van der Waals surface area contributed by atoms with Gasteiger partial charge in [0.05, 0.1) is 5.38 Å². The summed E-state index contributed by atoms with van der Waals surface area (Å²) in [5.41, 5.74) is 0. The van der Waals surface area contributed by atoms with E-state index in [-0.39, 0.29) is 0 Å². The number of hydrogen-bond donors (Lipinski definition) is 0. The second kappa shape index (κ2) is 3.97. The van der Waals surface area contributed by atoms with Crippen molar-refractivity contribution in [1.29, 1.82) is 0 Å². The SMILES string of the molecule is C=CCOOc1csnn1. The first-order chi connectivity index (χ1) is 4.93. The number of rotatable bonds is 4. The molecule has 5 heteroatoms. The van der Waals surface area contributed by atoms with Crippen molar-refractivity contribution in [2.24, 2.45) is 0 Å². The molecule has 1 rings (SSSR count). The minimum absolute atomic E-state index is 0.345. The minimum Gasteiger partial charge on any atom is -0.314 e. The molecule has 0 fully saturated rings. The van der Waals surface area contributed by atoms with Crippen LogP contribution in [-0.4, -0.2) is 16.2 Å². The van der Waals surface area contributed by atoms with Gasteiger partial charge in [-0.1, -0.05) is 15.7 Å². The fourth-order valence-electron chi connectivity index (χ4n) is 0.335. The van der Waals surface area contributed by atoms with Crippen molar-refractivity contribution in [2.45, 2.75) is 0 Å². The summed E-state index contributed by atoms with van der Waals surface area (Å²) in [6.45, 7) is 3.79. The van der Waals surface area contributed by atoms with Gasteiger partial charge in [0.1, 0.15) is 6.61 Å². The molecule has 0 amide bonds. The maximum atomic E-state index is 4.65. The van der Waals surface area contributed by atoms with Gasteiger partial charge in [0.25, 0.3) is 5.88 Å². The maximum absolute atomic E-state index is 4.65. The monoisotopic (exact) mass is 158 g/mol. The Kier molecular flexibility index (Phi) is 2.85. The second-order valence-corrected chi connectivity index (χ2v) is 2.01. The Morgan fingerprint density at radius 3 is 3.30 bits per heavy atom. The Labute approximate surface area is 62.2 Å². The molecule has 1 aromatic rings. The molecule has 0 atom stereocenters. The molecule has 1 heterocycles. The van der Waals surface area contributed by atoms with Gasteiger partial charge < -0.3 is 4.89 Å². The Morgan fingerprint density at radius 2 is 2.70 bits per heavy atom. The Morgan fingerprint density at radius 1 is 1.80 bits per heavy atom. The highest BCUT2D eigenvalue weighted by molar-refractivity contribution is 7.03. The number of aromatic nitrogens is 2. The molecule has 0 aliphatic rings. The van der Waals surface area contributed by atoms with E-state index in [4.69, 9.17) is 0 Å². The average Bonchev–Trinajstić information content (AvgIpc) is 2.41. The summed E-state index contributed by atoms with van der Waals surface area (Å²) in [5.74, 6) is 0.381. The number of nitrogens with zero attached hydrogens (tertiary/aromatic N) is 2. The van der Waals surface area contributed by atoms with Crippen LogP contribution in [0.4, 0.5) is 0 Å². The lowest BCUT2D eigenvalue weighted by atomic mass is 10.7. The molecule has 0 N–H and O–H groups in total. The highest BCUT2D eigenvalue weighted by atomic mass is 32.1. The van der Waals surface area contributed by atoms with Crippen molar-refractivity contribution < 1.29 is 9.78 Å². The van der Waals surface area contributed by atoms with Crippen molar-refractivity contribution in [2.75, 3.05) is 6.61 Å². The quantitative estimate of drug-likeness (QED) is 0.284. The summed E-state index contributed by atoms with van der Waals surface area (Å²) in [6.07, 6.45) is 1.58. The molecule has 0 aromatic carbocycles. The summed E-state index contributed by atoms with van der Waals surface area (Å²) in [6, 6.07) is 0. The minimum atomic E-state index is 0.345. The van der Waals surface area contributed by atoms with Crippen molar-refractivity contribution in [1.82, 2.24) is 9.59 Å². The third-order valence-electron chi connectivity index (χ3n) is 0.670. The van der Waals surface area contributed by atoms with E-state index in [1.807, 2.05) is 0 Å². The van der Waals surface area contributed by atoms with E-state index in [9.17, 15) is 0 Å². The molecule has 0 saturated heterocycles. The summed E-state index contributed by atoms with van der Waals surface area (Å²) in [5, 5.41) is 5.22. The van der Waals surface area contributed by atoms with Gasteiger partial charge in [-0.15, -0.1) is 6.58 Å². The van der Waals surface area contributed by atoms with Gasteiger partial charge in [-0.2, -0.15) is 4.89 Å². The van der Waals surface area contributed by atoms with Crippen LogP contribution in [0.1, 0.15) is 0 Å². The van der Waals surface area contributed by atoms with Crippen LogP contribution < -0.4 is 4.89 Å². The van der Waals surface area contributed by atoms with Gasteiger partial charge in [-0.3, -0.25) is 0 Å². The topological polar surface area (TPSA) is 44.2 Å².